The third kappa shape index (κ3) is 5.54. The van der Waals surface area contributed by atoms with Crippen LogP contribution in [0.1, 0.15) is 50.5 Å². The highest BCUT2D eigenvalue weighted by Gasteiger charge is 2.34. The average Bonchev–Trinajstić information content (AvgIpc) is 3.28. The van der Waals surface area contributed by atoms with Gasteiger partial charge in [0.2, 0.25) is 10.0 Å². The molecule has 1 saturated heterocycles. The van der Waals surface area contributed by atoms with Crippen LogP contribution in [0.25, 0.3) is 10.4 Å². The van der Waals surface area contributed by atoms with E-state index < -0.39 is 16.1 Å². The first-order valence-electron chi connectivity index (χ1n) is 11.5. The Hall–Kier alpha value is -2.21. The minimum atomic E-state index is -3.69. The number of alkyl carbamates (subject to hydrolysis) is 1. The van der Waals surface area contributed by atoms with Gasteiger partial charge in [-0.2, -0.15) is 0 Å². The first-order chi connectivity index (χ1) is 16.2. The predicted octanol–water partition coefficient (Wildman–Crippen LogP) is 3.69. The monoisotopic (exact) mass is 508 g/mol. The van der Waals surface area contributed by atoms with Crippen molar-refractivity contribution >= 4 is 33.1 Å². The summed E-state index contributed by atoms with van der Waals surface area (Å²) < 4.78 is 38.7. The Balaban J connectivity index is 1.55. The second-order valence-electron chi connectivity index (χ2n) is 9.14. The maximum atomic E-state index is 13.1. The van der Waals surface area contributed by atoms with Crippen LogP contribution in [0.5, 0.6) is 0 Å². The highest BCUT2D eigenvalue weighted by atomic mass is 32.2. The number of thiazole rings is 1. The van der Waals surface area contributed by atoms with E-state index in [1.165, 1.54) is 18.4 Å². The Labute approximate surface area is 204 Å². The highest BCUT2D eigenvalue weighted by molar-refractivity contribution is 7.89. The van der Waals surface area contributed by atoms with Gasteiger partial charge in [-0.05, 0) is 44.7 Å². The topological polar surface area (TPSA) is 119 Å². The van der Waals surface area contributed by atoms with Crippen molar-refractivity contribution in [2.24, 2.45) is 0 Å². The van der Waals surface area contributed by atoms with Crippen molar-refractivity contribution in [3.05, 3.63) is 29.4 Å². The van der Waals surface area contributed by atoms with Gasteiger partial charge in [-0.15, -0.1) is 11.3 Å². The van der Waals surface area contributed by atoms with Crippen molar-refractivity contribution in [2.75, 3.05) is 32.2 Å². The quantitative estimate of drug-likeness (QED) is 0.498. The second-order valence-corrected chi connectivity index (χ2v) is 11.9. The number of sulfonamides is 1. The van der Waals surface area contributed by atoms with Gasteiger partial charge in [0.05, 0.1) is 40.6 Å². The minimum Gasteiger partial charge on any atom is -0.453 e. The molecule has 0 radical (unpaired) electrons. The first-order valence-corrected chi connectivity index (χ1v) is 13.8. The summed E-state index contributed by atoms with van der Waals surface area (Å²) in [6.45, 7) is 5.29. The molecule has 2 aliphatic rings. The van der Waals surface area contributed by atoms with Crippen molar-refractivity contribution < 1.29 is 22.7 Å². The molecule has 1 saturated carbocycles. The molecule has 0 unspecified atom stereocenters. The van der Waals surface area contributed by atoms with Crippen LogP contribution in [0.15, 0.2) is 29.3 Å². The van der Waals surface area contributed by atoms with Crippen LogP contribution in [0.2, 0.25) is 0 Å². The lowest BCUT2D eigenvalue weighted by Crippen LogP contribution is -2.53. The summed E-state index contributed by atoms with van der Waals surface area (Å²) >= 11 is 1.54. The number of hydrogen-bond donors (Lipinski definition) is 3. The highest BCUT2D eigenvalue weighted by Crippen LogP contribution is 2.40. The molecular weight excluding hydrogens is 476 g/mol. The van der Waals surface area contributed by atoms with Gasteiger partial charge in [0, 0.05) is 36.0 Å². The van der Waals surface area contributed by atoms with Gasteiger partial charge in [0.1, 0.15) is 0 Å². The van der Waals surface area contributed by atoms with Gasteiger partial charge in [-0.1, -0.05) is 13.0 Å². The number of carbonyl (C=O) groups is 1. The standard InChI is InChI=1S/C23H32N4O5S2/c1-4-25-34(29,30)20-11-17(27-23(2)13-32-14-23)9-10-18(20)19-12-24-21(33-19)15-5-7-16(8-6-15)26-22(28)31-3/h9-12,15-16,25,27H,4-8,13-14H2,1-3H3,(H,26,28). The van der Waals surface area contributed by atoms with E-state index in [0.29, 0.717) is 31.2 Å². The van der Waals surface area contributed by atoms with Gasteiger partial charge in [0.25, 0.3) is 0 Å². The number of benzene rings is 1. The fraction of sp³-hybridized carbons (Fsp3) is 0.565. The largest absolute Gasteiger partial charge is 0.453 e. The molecule has 0 atom stereocenters. The van der Waals surface area contributed by atoms with E-state index in [0.717, 1.165) is 41.3 Å². The van der Waals surface area contributed by atoms with E-state index in [2.05, 4.69) is 20.3 Å². The lowest BCUT2D eigenvalue weighted by molar-refractivity contribution is -0.0318. The van der Waals surface area contributed by atoms with Gasteiger partial charge in [-0.25, -0.2) is 22.9 Å². The van der Waals surface area contributed by atoms with E-state index >= 15 is 0 Å². The lowest BCUT2D eigenvalue weighted by Gasteiger charge is -2.39. The summed E-state index contributed by atoms with van der Waals surface area (Å²) in [7, 11) is -2.32. The van der Waals surface area contributed by atoms with Crippen molar-refractivity contribution in [2.45, 2.75) is 61.9 Å². The Bertz CT molecular complexity index is 1120. The average molecular weight is 509 g/mol. The smallest absolute Gasteiger partial charge is 0.407 e. The molecule has 1 aliphatic carbocycles. The molecule has 3 N–H and O–H groups in total. The van der Waals surface area contributed by atoms with Gasteiger partial charge in [0.15, 0.2) is 0 Å². The fourth-order valence-electron chi connectivity index (χ4n) is 4.43. The molecule has 1 aliphatic heterocycles. The van der Waals surface area contributed by atoms with Crippen LogP contribution in [-0.2, 0) is 19.5 Å². The Kier molecular flexibility index (Phi) is 7.46. The van der Waals surface area contributed by atoms with Crippen molar-refractivity contribution in [1.82, 2.24) is 15.0 Å². The van der Waals surface area contributed by atoms with E-state index in [4.69, 9.17) is 9.47 Å². The summed E-state index contributed by atoms with van der Waals surface area (Å²) in [5.41, 5.74) is 1.19. The Morgan fingerprint density at radius 3 is 2.62 bits per heavy atom. The SMILES string of the molecule is CCNS(=O)(=O)c1cc(NC2(C)COC2)ccc1-c1cnc(C2CCC(NC(=O)OC)CC2)s1. The Morgan fingerprint density at radius 1 is 1.26 bits per heavy atom. The zero-order valence-electron chi connectivity index (χ0n) is 19.7. The fourth-order valence-corrected chi connectivity index (χ4v) is 6.91. The van der Waals surface area contributed by atoms with E-state index in [9.17, 15) is 13.2 Å². The summed E-state index contributed by atoms with van der Waals surface area (Å²) in [5.74, 6) is 0.294. The molecule has 4 rings (SSSR count). The first kappa shape index (κ1) is 24.9. The number of anilines is 1. The molecule has 1 aromatic carbocycles. The number of ether oxygens (including phenoxy) is 2. The van der Waals surface area contributed by atoms with Crippen molar-refractivity contribution in [3.8, 4) is 10.4 Å². The molecule has 2 fully saturated rings. The summed E-state index contributed by atoms with van der Waals surface area (Å²) in [5, 5.41) is 7.27. The molecule has 2 aromatic rings. The number of aromatic nitrogens is 1. The summed E-state index contributed by atoms with van der Waals surface area (Å²) in [4.78, 5) is 17.2. The lowest BCUT2D eigenvalue weighted by atomic mass is 9.86. The van der Waals surface area contributed by atoms with E-state index in [1.807, 2.05) is 19.1 Å². The molecule has 9 nitrogen and oxygen atoms in total. The normalized spacial score (nSPS) is 22.0. The number of methoxy groups -OCH3 is 1. The van der Waals surface area contributed by atoms with Crippen LogP contribution in [0.4, 0.5) is 10.5 Å². The number of rotatable bonds is 8. The molecule has 0 spiro atoms. The van der Waals surface area contributed by atoms with E-state index in [-0.39, 0.29) is 16.5 Å². The van der Waals surface area contributed by atoms with Crippen LogP contribution >= 0.6 is 11.3 Å². The number of nitrogens with zero attached hydrogens (tertiary/aromatic N) is 1. The molecular formula is C23H32N4O5S2. The molecule has 34 heavy (non-hydrogen) atoms. The number of amides is 1. The molecule has 11 heteroatoms. The minimum absolute atomic E-state index is 0.114. The maximum Gasteiger partial charge on any atom is 0.407 e. The summed E-state index contributed by atoms with van der Waals surface area (Å²) in [6.07, 6.45) is 4.91. The molecule has 0 bridgehead atoms. The number of carbonyl (C=O) groups excluding carboxylic acids is 1. The van der Waals surface area contributed by atoms with Crippen molar-refractivity contribution in [3.63, 3.8) is 0 Å². The second kappa shape index (κ2) is 10.2. The zero-order valence-corrected chi connectivity index (χ0v) is 21.4. The number of nitrogens with one attached hydrogen (secondary N) is 3. The van der Waals surface area contributed by atoms with Gasteiger partial charge >= 0.3 is 6.09 Å². The van der Waals surface area contributed by atoms with Crippen molar-refractivity contribution in [1.29, 1.82) is 0 Å². The van der Waals surface area contributed by atoms with Gasteiger partial charge in [-0.3, -0.25) is 0 Å². The Morgan fingerprint density at radius 2 is 2.00 bits per heavy atom. The maximum absolute atomic E-state index is 13.1. The van der Waals surface area contributed by atoms with E-state index in [1.54, 1.807) is 19.2 Å². The van der Waals surface area contributed by atoms with Crippen LogP contribution in [0, 0.1) is 0 Å². The summed E-state index contributed by atoms with van der Waals surface area (Å²) in [6, 6.07) is 5.57. The third-order valence-electron chi connectivity index (χ3n) is 6.27. The zero-order chi connectivity index (χ0) is 24.3. The molecule has 186 valence electrons. The van der Waals surface area contributed by atoms with Crippen LogP contribution in [-0.4, -0.2) is 57.9 Å². The van der Waals surface area contributed by atoms with Crippen LogP contribution < -0.4 is 15.4 Å². The predicted molar refractivity (Wildman–Crippen MR) is 132 cm³/mol. The van der Waals surface area contributed by atoms with Crippen LogP contribution in [0.3, 0.4) is 0 Å². The molecule has 2 heterocycles. The number of hydrogen-bond acceptors (Lipinski definition) is 8. The molecule has 1 amide bonds. The van der Waals surface area contributed by atoms with Gasteiger partial charge < -0.3 is 20.1 Å². The third-order valence-corrected chi connectivity index (χ3v) is 9.04. The molecule has 1 aromatic heterocycles.